The first-order valence-electron chi connectivity index (χ1n) is 13.8. The minimum atomic E-state index is -0.659. The van der Waals surface area contributed by atoms with E-state index in [9.17, 15) is 4.79 Å². The van der Waals surface area contributed by atoms with Gasteiger partial charge in [-0.2, -0.15) is 0 Å². The molecule has 0 bridgehead atoms. The van der Waals surface area contributed by atoms with Crippen LogP contribution >= 0.6 is 0 Å². The van der Waals surface area contributed by atoms with E-state index in [1.165, 1.54) is 122 Å². The fraction of sp³-hybridized carbons (Fsp3) is 0.828. The van der Waals surface area contributed by atoms with Crippen LogP contribution in [0.5, 0.6) is 0 Å². The van der Waals surface area contributed by atoms with E-state index in [0.717, 1.165) is 19.3 Å². The SMILES string of the molecule is CCCCCCCCCCCCCC=CCC=CCCCCCCCCCCC(=O)O. The van der Waals surface area contributed by atoms with Crippen molar-refractivity contribution >= 4 is 5.97 Å². The van der Waals surface area contributed by atoms with Gasteiger partial charge in [-0.25, -0.2) is 0 Å². The first-order chi connectivity index (χ1) is 15.3. The first-order valence-corrected chi connectivity index (χ1v) is 13.8. The third-order valence-electron chi connectivity index (χ3n) is 6.09. The van der Waals surface area contributed by atoms with Crippen molar-refractivity contribution in [2.45, 2.75) is 155 Å². The van der Waals surface area contributed by atoms with Crippen LogP contribution in [-0.2, 0) is 4.79 Å². The highest BCUT2D eigenvalue weighted by molar-refractivity contribution is 5.66. The van der Waals surface area contributed by atoms with Crippen LogP contribution in [0.4, 0.5) is 0 Å². The van der Waals surface area contributed by atoms with E-state index in [0.29, 0.717) is 6.42 Å². The van der Waals surface area contributed by atoms with Gasteiger partial charge in [-0.15, -0.1) is 0 Å². The summed E-state index contributed by atoms with van der Waals surface area (Å²) in [6.07, 6.45) is 38.5. The van der Waals surface area contributed by atoms with Crippen LogP contribution in [0, 0.1) is 0 Å². The summed E-state index contributed by atoms with van der Waals surface area (Å²) in [5.41, 5.74) is 0. The van der Waals surface area contributed by atoms with E-state index < -0.39 is 5.97 Å². The van der Waals surface area contributed by atoms with E-state index >= 15 is 0 Å². The molecule has 0 aromatic heterocycles. The number of aliphatic carboxylic acids is 1. The molecule has 0 rings (SSSR count). The molecule has 0 fully saturated rings. The Bertz CT molecular complexity index is 411. The molecule has 0 amide bonds. The molecule has 0 aliphatic carbocycles. The highest BCUT2D eigenvalue weighted by Gasteiger charge is 1.96. The number of hydrogen-bond donors (Lipinski definition) is 1. The van der Waals surface area contributed by atoms with Gasteiger partial charge >= 0.3 is 5.97 Å². The van der Waals surface area contributed by atoms with Gasteiger partial charge in [-0.05, 0) is 38.5 Å². The van der Waals surface area contributed by atoms with Crippen molar-refractivity contribution in [1.82, 2.24) is 0 Å². The fourth-order valence-corrected chi connectivity index (χ4v) is 4.03. The zero-order valence-corrected chi connectivity index (χ0v) is 20.9. The van der Waals surface area contributed by atoms with Gasteiger partial charge in [0, 0.05) is 6.42 Å². The maximum Gasteiger partial charge on any atom is 0.303 e. The van der Waals surface area contributed by atoms with Crippen molar-refractivity contribution in [1.29, 1.82) is 0 Å². The van der Waals surface area contributed by atoms with Gasteiger partial charge in [0.15, 0.2) is 0 Å². The van der Waals surface area contributed by atoms with Gasteiger partial charge in [0.05, 0.1) is 0 Å². The van der Waals surface area contributed by atoms with Gasteiger partial charge in [0.1, 0.15) is 0 Å². The average molecular weight is 435 g/mol. The summed E-state index contributed by atoms with van der Waals surface area (Å²) in [4.78, 5) is 10.4. The molecule has 31 heavy (non-hydrogen) atoms. The van der Waals surface area contributed by atoms with Crippen molar-refractivity contribution in [3.05, 3.63) is 24.3 Å². The number of carbonyl (C=O) groups is 1. The van der Waals surface area contributed by atoms with Crippen molar-refractivity contribution < 1.29 is 9.90 Å². The predicted octanol–water partition coefficient (Wildman–Crippen LogP) is 10.2. The topological polar surface area (TPSA) is 37.3 Å². The summed E-state index contributed by atoms with van der Waals surface area (Å²) in [6.45, 7) is 2.29. The minimum Gasteiger partial charge on any atom is -0.481 e. The molecule has 0 aromatic rings. The number of carboxylic acids is 1. The van der Waals surface area contributed by atoms with Crippen LogP contribution < -0.4 is 0 Å². The third kappa shape index (κ3) is 28.9. The van der Waals surface area contributed by atoms with E-state index in [4.69, 9.17) is 5.11 Å². The highest BCUT2D eigenvalue weighted by Crippen LogP contribution is 2.13. The second-order valence-corrected chi connectivity index (χ2v) is 9.26. The van der Waals surface area contributed by atoms with Gasteiger partial charge in [0.25, 0.3) is 0 Å². The van der Waals surface area contributed by atoms with Crippen LogP contribution in [0.1, 0.15) is 155 Å². The zero-order valence-electron chi connectivity index (χ0n) is 20.9. The summed E-state index contributed by atoms with van der Waals surface area (Å²) in [5, 5.41) is 8.59. The molecule has 0 saturated carbocycles. The van der Waals surface area contributed by atoms with E-state index in [-0.39, 0.29) is 0 Å². The molecule has 1 N–H and O–H groups in total. The minimum absolute atomic E-state index is 0.334. The Morgan fingerprint density at radius 3 is 1.26 bits per heavy atom. The van der Waals surface area contributed by atoms with Crippen LogP contribution in [0.2, 0.25) is 0 Å². The molecule has 2 heteroatoms. The summed E-state index contributed by atoms with van der Waals surface area (Å²) in [5.74, 6) is -0.659. The molecule has 0 aliphatic heterocycles. The maximum absolute atomic E-state index is 10.4. The second kappa shape index (κ2) is 27.0. The average Bonchev–Trinajstić information content (AvgIpc) is 2.76. The van der Waals surface area contributed by atoms with Gasteiger partial charge < -0.3 is 5.11 Å². The predicted molar refractivity (Wildman–Crippen MR) is 138 cm³/mol. The van der Waals surface area contributed by atoms with E-state index in [1.54, 1.807) is 0 Å². The van der Waals surface area contributed by atoms with E-state index in [2.05, 4.69) is 31.2 Å². The lowest BCUT2D eigenvalue weighted by molar-refractivity contribution is -0.137. The molecule has 0 aromatic carbocycles. The Balaban J connectivity index is 3.17. The van der Waals surface area contributed by atoms with Gasteiger partial charge in [-0.3, -0.25) is 4.79 Å². The van der Waals surface area contributed by atoms with Crippen molar-refractivity contribution in [3.8, 4) is 0 Å². The van der Waals surface area contributed by atoms with Crippen LogP contribution in [0.15, 0.2) is 24.3 Å². The Kier molecular flexibility index (Phi) is 26.1. The van der Waals surface area contributed by atoms with Crippen LogP contribution in [0.25, 0.3) is 0 Å². The lowest BCUT2D eigenvalue weighted by atomic mass is 10.1. The molecule has 0 aliphatic rings. The largest absolute Gasteiger partial charge is 0.481 e. The van der Waals surface area contributed by atoms with Crippen molar-refractivity contribution in [2.75, 3.05) is 0 Å². The number of allylic oxidation sites excluding steroid dienone is 4. The maximum atomic E-state index is 10.4. The second-order valence-electron chi connectivity index (χ2n) is 9.26. The molecule has 0 radical (unpaired) electrons. The molecule has 0 unspecified atom stereocenters. The lowest BCUT2D eigenvalue weighted by Crippen LogP contribution is -1.93. The molecule has 2 nitrogen and oxygen atoms in total. The van der Waals surface area contributed by atoms with E-state index in [1.807, 2.05) is 0 Å². The van der Waals surface area contributed by atoms with Gasteiger partial charge in [-0.1, -0.05) is 134 Å². The number of rotatable bonds is 25. The molecule has 0 saturated heterocycles. The first kappa shape index (κ1) is 29.9. The molecule has 0 heterocycles. The number of hydrogen-bond acceptors (Lipinski definition) is 1. The van der Waals surface area contributed by atoms with Gasteiger partial charge in [0.2, 0.25) is 0 Å². The third-order valence-corrected chi connectivity index (χ3v) is 6.09. The van der Waals surface area contributed by atoms with Crippen LogP contribution in [0.3, 0.4) is 0 Å². The monoisotopic (exact) mass is 434 g/mol. The smallest absolute Gasteiger partial charge is 0.303 e. The Morgan fingerprint density at radius 2 is 0.871 bits per heavy atom. The molecule has 182 valence electrons. The molecule has 0 spiro atoms. The Hall–Kier alpha value is -1.05. The summed E-state index contributed by atoms with van der Waals surface area (Å²) in [7, 11) is 0. The Labute approximate surface area is 195 Å². The fourth-order valence-electron chi connectivity index (χ4n) is 4.03. The Morgan fingerprint density at radius 1 is 0.516 bits per heavy atom. The summed E-state index contributed by atoms with van der Waals surface area (Å²) >= 11 is 0. The van der Waals surface area contributed by atoms with Crippen molar-refractivity contribution in [3.63, 3.8) is 0 Å². The summed E-state index contributed by atoms with van der Waals surface area (Å²) in [6, 6.07) is 0. The zero-order chi connectivity index (χ0) is 22.7. The van der Waals surface area contributed by atoms with Crippen molar-refractivity contribution in [2.24, 2.45) is 0 Å². The highest BCUT2D eigenvalue weighted by atomic mass is 16.4. The molecular formula is C29H54O2. The molecule has 0 atom stereocenters. The quantitative estimate of drug-likeness (QED) is 0.115. The number of unbranched alkanes of at least 4 members (excludes halogenated alkanes) is 19. The molecular weight excluding hydrogens is 380 g/mol. The normalized spacial score (nSPS) is 11.8. The lowest BCUT2D eigenvalue weighted by Gasteiger charge is -2.01. The summed E-state index contributed by atoms with van der Waals surface area (Å²) < 4.78 is 0. The standard InChI is InChI=1S/C29H54O2/c1-2-3-4-5-6-7-8-9-10-11-12-13-14-15-16-17-18-19-20-21-22-23-24-25-26-27-28-29(30)31/h14-15,17-18H,2-13,16,19-28H2,1H3,(H,30,31). The number of carboxylic acid groups (broad SMARTS) is 1. The van der Waals surface area contributed by atoms with Crippen LogP contribution in [-0.4, -0.2) is 11.1 Å².